The third-order valence-corrected chi connectivity index (χ3v) is 2.19. The van der Waals surface area contributed by atoms with Crippen LogP contribution in [0.25, 0.3) is 0 Å². The average Bonchev–Trinajstić information content (AvgIpc) is 2.39. The summed E-state index contributed by atoms with van der Waals surface area (Å²) in [7, 11) is 1.05. The predicted molar refractivity (Wildman–Crippen MR) is 65.5 cm³/mol. The van der Waals surface area contributed by atoms with Gasteiger partial charge in [-0.1, -0.05) is 25.1 Å². The van der Waals surface area contributed by atoms with E-state index in [1.807, 2.05) is 19.1 Å². The van der Waals surface area contributed by atoms with Gasteiger partial charge in [0, 0.05) is 22.9 Å². The summed E-state index contributed by atoms with van der Waals surface area (Å²) in [6.45, 7) is -1.92. The molecule has 0 heterocycles. The summed E-state index contributed by atoms with van der Waals surface area (Å²) < 4.78 is 51.0. The van der Waals surface area contributed by atoms with E-state index in [0.29, 0.717) is 12.1 Å². The van der Waals surface area contributed by atoms with Gasteiger partial charge in [0.15, 0.2) is 0 Å². The zero-order valence-electron chi connectivity index (χ0n) is 15.3. The minimum Gasteiger partial charge on any atom is -0.383 e. The molecule has 0 fully saturated rings. The molecule has 2 nitrogen and oxygen atoms in total. The first kappa shape index (κ1) is 5.90. The summed E-state index contributed by atoms with van der Waals surface area (Å²) in [5, 5.41) is 2.58. The number of hydrogen-bond donors (Lipinski definition) is 1. The van der Waals surface area contributed by atoms with E-state index in [1.165, 1.54) is 0 Å². The molecule has 0 saturated carbocycles. The summed E-state index contributed by atoms with van der Waals surface area (Å²) in [6, 6.07) is 2.82. The third kappa shape index (κ3) is 3.24. The lowest BCUT2D eigenvalue weighted by atomic mass is 10.1. The smallest absolute Gasteiger partial charge is 0.0661 e. The van der Waals surface area contributed by atoms with Gasteiger partial charge in [0.1, 0.15) is 0 Å². The Kier molecular flexibility index (Phi) is 2.27. The van der Waals surface area contributed by atoms with Crippen LogP contribution in [0.1, 0.15) is 33.1 Å². The molecule has 0 spiro atoms. The molecule has 0 amide bonds. The maximum absolute atomic E-state index is 8.21. The van der Waals surface area contributed by atoms with Gasteiger partial charge in [-0.05, 0) is 31.3 Å². The second kappa shape index (κ2) is 5.76. The molecule has 1 rings (SSSR count). The van der Waals surface area contributed by atoms with Crippen LogP contribution in [0.4, 0.5) is 5.69 Å². The molecule has 2 heteroatoms. The molecule has 1 aromatic rings. The number of ether oxygens (including phenoxy) is 1. The Morgan fingerprint density at radius 3 is 3.07 bits per heavy atom. The van der Waals surface area contributed by atoms with Crippen molar-refractivity contribution in [1.29, 1.82) is 0 Å². The van der Waals surface area contributed by atoms with Gasteiger partial charge in [0.25, 0.3) is 0 Å². The van der Waals surface area contributed by atoms with Gasteiger partial charge in [0.05, 0.1) is 10.7 Å². The van der Waals surface area contributed by atoms with Crippen molar-refractivity contribution in [3.05, 3.63) is 29.3 Å². The van der Waals surface area contributed by atoms with E-state index in [4.69, 9.17) is 8.22 Å². The van der Waals surface area contributed by atoms with E-state index < -0.39 is 19.4 Å². The van der Waals surface area contributed by atoms with E-state index >= 15 is 0 Å². The number of anilines is 1. The molecule has 1 aromatic carbocycles. The topological polar surface area (TPSA) is 21.3 Å². The highest BCUT2D eigenvalue weighted by molar-refractivity contribution is 5.57. The number of nitrogens with one attached hydrogen (secondary N) is 1. The van der Waals surface area contributed by atoms with Crippen LogP contribution in [0.15, 0.2) is 18.2 Å². The van der Waals surface area contributed by atoms with Crippen molar-refractivity contribution < 1.29 is 13.0 Å². The first-order chi connectivity index (χ1) is 9.50. The van der Waals surface area contributed by atoms with Crippen molar-refractivity contribution in [3.8, 4) is 0 Å². The van der Waals surface area contributed by atoms with Crippen molar-refractivity contribution in [3.63, 3.8) is 0 Å². The van der Waals surface area contributed by atoms with Crippen LogP contribution in [-0.4, -0.2) is 19.7 Å². The van der Waals surface area contributed by atoms with Crippen molar-refractivity contribution >= 4 is 5.69 Å². The monoisotopic (exact) mass is 213 g/mol. The second-order valence-corrected chi connectivity index (χ2v) is 3.27. The lowest BCUT2D eigenvalue weighted by molar-refractivity contribution is 0.190. The number of rotatable bonds is 5. The van der Waals surface area contributed by atoms with Crippen molar-refractivity contribution in [1.82, 2.24) is 0 Å². The van der Waals surface area contributed by atoms with E-state index in [-0.39, 0.29) is 0 Å². The normalized spacial score (nSPS) is 22.3. The quantitative estimate of drug-likeness (QED) is 0.812. The molecule has 0 aliphatic carbocycles. The van der Waals surface area contributed by atoms with Crippen LogP contribution in [0.5, 0.6) is 0 Å². The fourth-order valence-corrected chi connectivity index (χ4v) is 1.45. The maximum Gasteiger partial charge on any atom is 0.0661 e. The van der Waals surface area contributed by atoms with Gasteiger partial charge in [-0.3, -0.25) is 0 Å². The molecule has 84 valence electrons. The molecule has 1 unspecified atom stereocenters. The number of para-hydroxylation sites is 1. The second-order valence-electron chi connectivity index (χ2n) is 3.27. The Morgan fingerprint density at radius 1 is 1.67 bits per heavy atom. The highest BCUT2D eigenvalue weighted by Gasteiger charge is 2.07. The molecule has 1 atom stereocenters. The van der Waals surface area contributed by atoms with E-state index in [9.17, 15) is 0 Å². The van der Waals surface area contributed by atoms with E-state index in [1.54, 1.807) is 13.0 Å². The van der Waals surface area contributed by atoms with Crippen molar-refractivity contribution in [2.45, 2.75) is 33.1 Å². The molecule has 0 aromatic heterocycles. The van der Waals surface area contributed by atoms with Crippen LogP contribution in [0.2, 0.25) is 0 Å². The fraction of sp³-hybridized carbons (Fsp3) is 0.538. The van der Waals surface area contributed by atoms with Gasteiger partial charge < -0.3 is 10.1 Å². The summed E-state index contributed by atoms with van der Waals surface area (Å²) in [5.41, 5.74) is 2.04. The first-order valence-corrected chi connectivity index (χ1v) is 4.92. The largest absolute Gasteiger partial charge is 0.383 e. The Balaban J connectivity index is 3.40. The predicted octanol–water partition coefficient (Wildman–Crippen LogP) is 3.00. The summed E-state index contributed by atoms with van der Waals surface area (Å²) in [4.78, 5) is 0. The third-order valence-electron chi connectivity index (χ3n) is 2.19. The van der Waals surface area contributed by atoms with Gasteiger partial charge >= 0.3 is 0 Å². The molecular weight excluding hydrogens is 186 g/mol. The van der Waals surface area contributed by atoms with E-state index in [0.717, 1.165) is 18.2 Å². The zero-order chi connectivity index (χ0) is 16.5. The molecule has 15 heavy (non-hydrogen) atoms. The Bertz CT molecular complexity index is 502. The van der Waals surface area contributed by atoms with Gasteiger partial charge in [-0.15, -0.1) is 0 Å². The van der Waals surface area contributed by atoms with Crippen LogP contribution in [0, 0.1) is 6.92 Å². The zero-order valence-corrected chi connectivity index (χ0v) is 9.35. The van der Waals surface area contributed by atoms with Gasteiger partial charge in [-0.25, -0.2) is 0 Å². The SMILES string of the molecule is [2H]C([2H])([2H])C([2H])(Nc1c(C)cccc1CC)C([2H])([2H])OC. The molecule has 0 aliphatic rings. The van der Waals surface area contributed by atoms with E-state index in [2.05, 4.69) is 10.1 Å². The molecule has 1 N–H and O–H groups in total. The summed E-state index contributed by atoms with van der Waals surface area (Å²) in [6.07, 6.45) is 0.636. The summed E-state index contributed by atoms with van der Waals surface area (Å²) in [5.74, 6) is 0. The Hall–Kier alpha value is -1.02. The number of benzene rings is 1. The Morgan fingerprint density at radius 2 is 2.47 bits per heavy atom. The number of hydrogen-bond acceptors (Lipinski definition) is 2. The van der Waals surface area contributed by atoms with Gasteiger partial charge in [0.2, 0.25) is 0 Å². The lowest BCUT2D eigenvalue weighted by Crippen LogP contribution is -2.22. The van der Waals surface area contributed by atoms with Gasteiger partial charge in [-0.2, -0.15) is 0 Å². The highest BCUT2D eigenvalue weighted by atomic mass is 16.5. The molecule has 0 aliphatic heterocycles. The molecule has 0 bridgehead atoms. The number of aryl methyl sites for hydroxylation is 2. The van der Waals surface area contributed by atoms with Crippen LogP contribution in [0.3, 0.4) is 0 Å². The number of methoxy groups -OCH3 is 1. The lowest BCUT2D eigenvalue weighted by Gasteiger charge is -2.19. The Labute approximate surface area is 101 Å². The minimum atomic E-state index is -2.92. The van der Waals surface area contributed by atoms with Crippen molar-refractivity contribution in [2.24, 2.45) is 0 Å². The standard InChI is InChI=1S/C13H21NO/c1-5-12-8-6-7-10(2)13(12)14-11(3)9-15-4/h6-8,11,14H,5,9H2,1-4H3/i3D3,9D2,11D. The van der Waals surface area contributed by atoms with Crippen LogP contribution >= 0.6 is 0 Å². The first-order valence-electron chi connectivity index (χ1n) is 7.92. The maximum atomic E-state index is 8.21. The average molecular weight is 213 g/mol. The van der Waals surface area contributed by atoms with Crippen molar-refractivity contribution in [2.75, 3.05) is 19.0 Å². The van der Waals surface area contributed by atoms with Crippen LogP contribution in [-0.2, 0) is 11.2 Å². The van der Waals surface area contributed by atoms with Crippen LogP contribution < -0.4 is 5.32 Å². The molecule has 0 saturated heterocycles. The highest BCUT2D eigenvalue weighted by Crippen LogP contribution is 2.21. The summed E-state index contributed by atoms with van der Waals surface area (Å²) >= 11 is 0. The minimum absolute atomic E-state index is 0.465. The molecular formula is C13H21NO. The fourth-order valence-electron chi connectivity index (χ4n) is 1.45. The molecule has 0 radical (unpaired) electrons.